The first kappa shape index (κ1) is 19.2. The summed E-state index contributed by atoms with van der Waals surface area (Å²) in [5.74, 6) is 2.11. The number of carbonyl (C=O) groups is 2. The molecule has 6 heteroatoms. The van der Waals surface area contributed by atoms with Gasteiger partial charge in [0.05, 0.1) is 19.1 Å². The first-order valence-electron chi connectivity index (χ1n) is 9.50. The molecule has 2 heterocycles. The fraction of sp³-hybridized carbons (Fsp3) is 0.600. The molecule has 0 aromatic heterocycles. The Kier molecular flexibility index (Phi) is 7.38. The maximum Gasteiger partial charge on any atom is 0.227 e. The third kappa shape index (κ3) is 5.48. The van der Waals surface area contributed by atoms with Crippen LogP contribution in [0.2, 0.25) is 0 Å². The zero-order valence-electron chi connectivity index (χ0n) is 15.3. The summed E-state index contributed by atoms with van der Waals surface area (Å²) >= 11 is 1.79. The van der Waals surface area contributed by atoms with Crippen molar-refractivity contribution in [3.05, 3.63) is 35.9 Å². The summed E-state index contributed by atoms with van der Waals surface area (Å²) in [7, 11) is 0. The van der Waals surface area contributed by atoms with Gasteiger partial charge in [-0.25, -0.2) is 0 Å². The monoisotopic (exact) mass is 376 g/mol. The van der Waals surface area contributed by atoms with Gasteiger partial charge >= 0.3 is 0 Å². The number of hydrogen-bond donors (Lipinski definition) is 0. The Morgan fingerprint density at radius 1 is 1.08 bits per heavy atom. The van der Waals surface area contributed by atoms with Crippen molar-refractivity contribution in [3.8, 4) is 0 Å². The minimum atomic E-state index is -0.0391. The summed E-state index contributed by atoms with van der Waals surface area (Å²) < 4.78 is 5.32. The zero-order chi connectivity index (χ0) is 18.2. The average molecular weight is 377 g/mol. The lowest BCUT2D eigenvalue weighted by Crippen LogP contribution is -2.49. The molecule has 0 spiro atoms. The molecule has 2 fully saturated rings. The number of amides is 2. The topological polar surface area (TPSA) is 49.9 Å². The lowest BCUT2D eigenvalue weighted by molar-refractivity contribution is -0.143. The highest BCUT2D eigenvalue weighted by Crippen LogP contribution is 2.21. The predicted molar refractivity (Wildman–Crippen MR) is 104 cm³/mol. The molecule has 2 amide bonds. The molecule has 2 aliphatic heterocycles. The number of likely N-dealkylation sites (tertiary alicyclic amines) is 1. The molecule has 1 aromatic carbocycles. The Hall–Kier alpha value is -1.53. The van der Waals surface area contributed by atoms with Crippen LogP contribution in [0.1, 0.15) is 24.8 Å². The van der Waals surface area contributed by atoms with Crippen molar-refractivity contribution in [3.63, 3.8) is 0 Å². The number of piperidine rings is 1. The van der Waals surface area contributed by atoms with E-state index in [1.807, 2.05) is 28.0 Å². The lowest BCUT2D eigenvalue weighted by Gasteiger charge is -2.36. The van der Waals surface area contributed by atoms with Gasteiger partial charge in [0.2, 0.25) is 11.8 Å². The van der Waals surface area contributed by atoms with Crippen LogP contribution in [0.5, 0.6) is 0 Å². The second-order valence-corrected chi connectivity index (χ2v) is 8.01. The SMILES string of the molecule is O=C(CCSCc1ccccc1)N1CCC[C@H](C(=O)N2CCOCC2)C1. The van der Waals surface area contributed by atoms with Crippen molar-refractivity contribution in [2.45, 2.75) is 25.0 Å². The van der Waals surface area contributed by atoms with Crippen LogP contribution in [0.3, 0.4) is 0 Å². The normalized spacial score (nSPS) is 20.8. The molecule has 5 nitrogen and oxygen atoms in total. The highest BCUT2D eigenvalue weighted by atomic mass is 32.2. The molecule has 0 N–H and O–H groups in total. The average Bonchev–Trinajstić information content (AvgIpc) is 2.72. The van der Waals surface area contributed by atoms with Crippen LogP contribution in [0.25, 0.3) is 0 Å². The Labute approximate surface area is 160 Å². The number of hydrogen-bond acceptors (Lipinski definition) is 4. The summed E-state index contributed by atoms with van der Waals surface area (Å²) in [5, 5.41) is 0. The molecule has 0 radical (unpaired) electrons. The third-order valence-electron chi connectivity index (χ3n) is 5.02. The van der Waals surface area contributed by atoms with E-state index >= 15 is 0 Å². The van der Waals surface area contributed by atoms with Crippen molar-refractivity contribution in [2.75, 3.05) is 45.1 Å². The fourth-order valence-corrected chi connectivity index (χ4v) is 4.42. The van der Waals surface area contributed by atoms with Gasteiger partial charge in [-0.1, -0.05) is 30.3 Å². The molecular formula is C20H28N2O3S. The number of thioether (sulfide) groups is 1. The Bertz CT molecular complexity index is 590. The lowest BCUT2D eigenvalue weighted by atomic mass is 9.96. The molecule has 3 rings (SSSR count). The smallest absolute Gasteiger partial charge is 0.227 e. The van der Waals surface area contributed by atoms with Crippen molar-refractivity contribution < 1.29 is 14.3 Å². The van der Waals surface area contributed by atoms with Gasteiger partial charge in [-0.3, -0.25) is 9.59 Å². The standard InChI is InChI=1S/C20H28N2O3S/c23-19(8-14-26-16-17-5-2-1-3-6-17)22-9-4-7-18(15-22)20(24)21-10-12-25-13-11-21/h1-3,5-6,18H,4,7-16H2/t18-/m0/s1. The largest absolute Gasteiger partial charge is 0.378 e. The van der Waals surface area contributed by atoms with Crippen molar-refractivity contribution >= 4 is 23.6 Å². The van der Waals surface area contributed by atoms with Crippen LogP contribution in [0.4, 0.5) is 0 Å². The summed E-state index contributed by atoms with van der Waals surface area (Å²) in [5.41, 5.74) is 1.29. The summed E-state index contributed by atoms with van der Waals surface area (Å²) in [6.45, 7) is 3.98. The quantitative estimate of drug-likeness (QED) is 0.716. The molecule has 0 saturated carbocycles. The van der Waals surface area contributed by atoms with Crippen molar-refractivity contribution in [1.29, 1.82) is 0 Å². The molecule has 1 atom stereocenters. The van der Waals surface area contributed by atoms with E-state index in [0.29, 0.717) is 39.3 Å². The van der Waals surface area contributed by atoms with Gasteiger partial charge in [0, 0.05) is 44.1 Å². The number of benzene rings is 1. The number of rotatable bonds is 6. The van der Waals surface area contributed by atoms with Crippen molar-refractivity contribution in [2.24, 2.45) is 5.92 Å². The Morgan fingerprint density at radius 2 is 1.85 bits per heavy atom. The molecule has 2 saturated heterocycles. The molecular weight excluding hydrogens is 348 g/mol. The fourth-order valence-electron chi connectivity index (χ4n) is 3.53. The molecule has 2 aliphatic rings. The van der Waals surface area contributed by atoms with Crippen LogP contribution >= 0.6 is 11.8 Å². The second-order valence-electron chi connectivity index (χ2n) is 6.90. The van der Waals surface area contributed by atoms with Crippen LogP contribution in [-0.4, -0.2) is 66.8 Å². The van der Waals surface area contributed by atoms with Gasteiger partial charge < -0.3 is 14.5 Å². The Morgan fingerprint density at radius 3 is 2.62 bits per heavy atom. The summed E-state index contributed by atoms with van der Waals surface area (Å²) in [6, 6.07) is 10.3. The van der Waals surface area contributed by atoms with Gasteiger partial charge in [0.15, 0.2) is 0 Å². The molecule has 0 unspecified atom stereocenters. The molecule has 0 bridgehead atoms. The minimum absolute atomic E-state index is 0.0391. The van der Waals surface area contributed by atoms with E-state index in [1.54, 1.807) is 11.8 Å². The highest BCUT2D eigenvalue weighted by molar-refractivity contribution is 7.98. The van der Waals surface area contributed by atoms with E-state index in [2.05, 4.69) is 12.1 Å². The van der Waals surface area contributed by atoms with Crippen LogP contribution in [-0.2, 0) is 20.1 Å². The van der Waals surface area contributed by atoms with E-state index in [1.165, 1.54) is 5.56 Å². The molecule has 0 aliphatic carbocycles. The third-order valence-corrected chi connectivity index (χ3v) is 6.05. The number of nitrogens with zero attached hydrogens (tertiary/aromatic N) is 2. The Balaban J connectivity index is 1.40. The van der Waals surface area contributed by atoms with Crippen LogP contribution in [0, 0.1) is 5.92 Å². The summed E-state index contributed by atoms with van der Waals surface area (Å²) in [4.78, 5) is 29.0. The van der Waals surface area contributed by atoms with E-state index in [0.717, 1.165) is 30.9 Å². The van der Waals surface area contributed by atoms with E-state index < -0.39 is 0 Å². The molecule has 26 heavy (non-hydrogen) atoms. The second kappa shape index (κ2) is 9.97. The minimum Gasteiger partial charge on any atom is -0.378 e. The summed E-state index contributed by atoms with van der Waals surface area (Å²) in [6.07, 6.45) is 2.36. The van der Waals surface area contributed by atoms with Gasteiger partial charge in [0.1, 0.15) is 0 Å². The molecule has 142 valence electrons. The van der Waals surface area contributed by atoms with Gasteiger partial charge in [-0.2, -0.15) is 11.8 Å². The van der Waals surface area contributed by atoms with Gasteiger partial charge in [-0.05, 0) is 18.4 Å². The van der Waals surface area contributed by atoms with Crippen LogP contribution in [0.15, 0.2) is 30.3 Å². The van der Waals surface area contributed by atoms with Crippen molar-refractivity contribution in [1.82, 2.24) is 9.80 Å². The predicted octanol–water partition coefficient (Wildman–Crippen LogP) is 2.41. The van der Waals surface area contributed by atoms with E-state index in [-0.39, 0.29) is 17.7 Å². The first-order valence-corrected chi connectivity index (χ1v) is 10.7. The van der Waals surface area contributed by atoms with Crippen LogP contribution < -0.4 is 0 Å². The maximum absolute atomic E-state index is 12.7. The number of carbonyl (C=O) groups excluding carboxylic acids is 2. The van der Waals surface area contributed by atoms with E-state index in [9.17, 15) is 9.59 Å². The van der Waals surface area contributed by atoms with Gasteiger partial charge in [-0.15, -0.1) is 0 Å². The maximum atomic E-state index is 12.7. The van der Waals surface area contributed by atoms with Gasteiger partial charge in [0.25, 0.3) is 0 Å². The molecule has 1 aromatic rings. The zero-order valence-corrected chi connectivity index (χ0v) is 16.1. The highest BCUT2D eigenvalue weighted by Gasteiger charge is 2.31. The first-order chi connectivity index (χ1) is 12.7. The number of morpholine rings is 1. The number of ether oxygens (including phenoxy) is 1. The van der Waals surface area contributed by atoms with E-state index in [4.69, 9.17) is 4.74 Å².